The molecule has 1 atom stereocenters. The lowest BCUT2D eigenvalue weighted by molar-refractivity contribution is 0.0963. The second-order valence-corrected chi connectivity index (χ2v) is 4.25. The van der Waals surface area contributed by atoms with Gasteiger partial charge in [0.1, 0.15) is 0 Å². The van der Waals surface area contributed by atoms with Crippen molar-refractivity contribution in [3.05, 3.63) is 0 Å². The monoisotopic (exact) mass is 173 g/mol. The van der Waals surface area contributed by atoms with Gasteiger partial charge in [0, 0.05) is 5.75 Å². The second kappa shape index (κ2) is 3.33. The predicted octanol–water partition coefficient (Wildman–Crippen LogP) is 1.57. The molecule has 2 nitrogen and oxygen atoms in total. The van der Waals surface area contributed by atoms with E-state index in [2.05, 4.69) is 5.32 Å². The molecule has 0 aromatic heterocycles. The molecule has 0 saturated carbocycles. The minimum Gasteiger partial charge on any atom is -0.317 e. The Labute approximate surface area is 72.3 Å². The van der Waals surface area contributed by atoms with E-state index >= 15 is 0 Å². The Hall–Kier alpha value is 0.270. The number of hydrogen-bond donors (Lipinski definition) is 1. The van der Waals surface area contributed by atoms with Crippen LogP contribution in [0.2, 0.25) is 0 Å². The average molecular weight is 173 g/mol. The molecule has 11 heavy (non-hydrogen) atoms. The fourth-order valence-electron chi connectivity index (χ4n) is 1.87. The fraction of sp³-hybridized carbons (Fsp3) is 1.00. The quantitative estimate of drug-likeness (QED) is 0.562. The van der Waals surface area contributed by atoms with Gasteiger partial charge in [-0.2, -0.15) is 0 Å². The average Bonchev–Trinajstić information content (AvgIpc) is 2.32. The van der Waals surface area contributed by atoms with Crippen molar-refractivity contribution in [2.75, 3.05) is 18.8 Å². The summed E-state index contributed by atoms with van der Waals surface area (Å²) in [5, 5.41) is 3.41. The van der Waals surface area contributed by atoms with Gasteiger partial charge in [0.25, 0.3) is 0 Å². The van der Waals surface area contributed by atoms with Crippen LogP contribution in [0.4, 0.5) is 0 Å². The van der Waals surface area contributed by atoms with Crippen LogP contribution in [0, 0.1) is 0 Å². The summed E-state index contributed by atoms with van der Waals surface area (Å²) in [6.45, 7) is 2.32. The zero-order valence-corrected chi connectivity index (χ0v) is 7.58. The van der Waals surface area contributed by atoms with E-state index in [-0.39, 0.29) is 5.60 Å². The Morgan fingerprint density at radius 2 is 2.18 bits per heavy atom. The first-order valence-electron chi connectivity index (χ1n) is 4.43. The zero-order valence-electron chi connectivity index (χ0n) is 6.77. The minimum absolute atomic E-state index is 0.258. The first-order valence-corrected chi connectivity index (χ1v) is 5.34. The molecule has 0 amide bonds. The summed E-state index contributed by atoms with van der Waals surface area (Å²) in [5.74, 6) is 1.19. The third-order valence-electron chi connectivity index (χ3n) is 2.62. The zero-order chi connectivity index (χ0) is 7.57. The molecule has 2 aliphatic heterocycles. The summed E-state index contributed by atoms with van der Waals surface area (Å²) in [4.78, 5) is 0. The van der Waals surface area contributed by atoms with Crippen molar-refractivity contribution in [1.29, 1.82) is 0 Å². The standard InChI is InChI=1S/C8H15NOS/c1-2-8(3-6-9-5-1)4-7-11-10-8/h9H,1-7H2. The van der Waals surface area contributed by atoms with Gasteiger partial charge in [0.05, 0.1) is 5.60 Å². The molecule has 1 spiro atoms. The van der Waals surface area contributed by atoms with Crippen molar-refractivity contribution in [2.24, 2.45) is 0 Å². The number of hydrogen-bond acceptors (Lipinski definition) is 3. The summed E-state index contributed by atoms with van der Waals surface area (Å²) in [6, 6.07) is 0. The van der Waals surface area contributed by atoms with E-state index in [1.807, 2.05) is 0 Å². The van der Waals surface area contributed by atoms with Crippen LogP contribution in [0.3, 0.4) is 0 Å². The lowest BCUT2D eigenvalue weighted by atomic mass is 9.92. The first kappa shape index (κ1) is 7.90. The summed E-state index contributed by atoms with van der Waals surface area (Å²) in [7, 11) is 0. The topological polar surface area (TPSA) is 21.3 Å². The highest BCUT2D eigenvalue weighted by Crippen LogP contribution is 2.38. The molecule has 2 saturated heterocycles. The van der Waals surface area contributed by atoms with Gasteiger partial charge in [-0.25, -0.2) is 0 Å². The van der Waals surface area contributed by atoms with Crippen molar-refractivity contribution < 1.29 is 4.18 Å². The van der Waals surface area contributed by atoms with E-state index < -0.39 is 0 Å². The predicted molar refractivity (Wildman–Crippen MR) is 47.6 cm³/mol. The smallest absolute Gasteiger partial charge is 0.0850 e. The molecule has 2 heterocycles. The molecule has 2 rings (SSSR count). The van der Waals surface area contributed by atoms with Crippen LogP contribution in [-0.2, 0) is 4.18 Å². The van der Waals surface area contributed by atoms with Crippen molar-refractivity contribution in [3.8, 4) is 0 Å². The maximum absolute atomic E-state index is 5.74. The number of nitrogens with one attached hydrogen (secondary N) is 1. The molecule has 1 N–H and O–H groups in total. The Bertz CT molecular complexity index is 124. The number of rotatable bonds is 0. The van der Waals surface area contributed by atoms with E-state index in [1.54, 1.807) is 12.0 Å². The van der Waals surface area contributed by atoms with Crippen molar-refractivity contribution in [1.82, 2.24) is 5.32 Å². The van der Waals surface area contributed by atoms with Crippen molar-refractivity contribution in [3.63, 3.8) is 0 Å². The van der Waals surface area contributed by atoms with Gasteiger partial charge < -0.3 is 9.50 Å². The van der Waals surface area contributed by atoms with Gasteiger partial charge in [-0.15, -0.1) is 0 Å². The third-order valence-corrected chi connectivity index (χ3v) is 3.46. The molecule has 2 fully saturated rings. The van der Waals surface area contributed by atoms with Crippen LogP contribution in [0.5, 0.6) is 0 Å². The molecule has 64 valence electrons. The molecule has 0 bridgehead atoms. The van der Waals surface area contributed by atoms with Crippen molar-refractivity contribution >= 4 is 12.0 Å². The van der Waals surface area contributed by atoms with Gasteiger partial charge in [0.2, 0.25) is 0 Å². The highest BCUT2D eigenvalue weighted by molar-refractivity contribution is 7.94. The summed E-state index contributed by atoms with van der Waals surface area (Å²) < 4.78 is 5.74. The second-order valence-electron chi connectivity index (χ2n) is 3.44. The molecule has 3 heteroatoms. The van der Waals surface area contributed by atoms with Gasteiger partial charge in [-0.05, 0) is 50.8 Å². The minimum atomic E-state index is 0.258. The maximum Gasteiger partial charge on any atom is 0.0850 e. The highest BCUT2D eigenvalue weighted by Gasteiger charge is 2.36. The SMILES string of the molecule is C1CNCCC2(C1)CCSO2. The summed E-state index contributed by atoms with van der Waals surface area (Å²) in [5.41, 5.74) is 0.258. The van der Waals surface area contributed by atoms with E-state index in [9.17, 15) is 0 Å². The van der Waals surface area contributed by atoms with E-state index in [1.165, 1.54) is 38.0 Å². The molecule has 0 aliphatic carbocycles. The van der Waals surface area contributed by atoms with Gasteiger partial charge in [-0.3, -0.25) is 0 Å². The Balaban J connectivity index is 1.97. The Morgan fingerprint density at radius 1 is 1.18 bits per heavy atom. The fourth-order valence-corrected chi connectivity index (χ4v) is 2.91. The van der Waals surface area contributed by atoms with Crippen LogP contribution < -0.4 is 5.32 Å². The van der Waals surface area contributed by atoms with Crippen LogP contribution in [0.1, 0.15) is 25.7 Å². The molecule has 0 aromatic rings. The van der Waals surface area contributed by atoms with E-state index in [0.717, 1.165) is 6.54 Å². The molecule has 0 radical (unpaired) electrons. The largest absolute Gasteiger partial charge is 0.317 e. The molecule has 0 aromatic carbocycles. The van der Waals surface area contributed by atoms with E-state index in [0.29, 0.717) is 0 Å². The molecule has 1 unspecified atom stereocenters. The third kappa shape index (κ3) is 1.71. The lowest BCUT2D eigenvalue weighted by Gasteiger charge is -2.24. The Kier molecular flexibility index (Phi) is 2.39. The molecule has 2 aliphatic rings. The van der Waals surface area contributed by atoms with Crippen LogP contribution in [0.15, 0.2) is 0 Å². The van der Waals surface area contributed by atoms with Gasteiger partial charge >= 0.3 is 0 Å². The maximum atomic E-state index is 5.74. The lowest BCUT2D eigenvalue weighted by Crippen LogP contribution is -2.28. The van der Waals surface area contributed by atoms with Crippen LogP contribution in [0.25, 0.3) is 0 Å². The van der Waals surface area contributed by atoms with E-state index in [4.69, 9.17) is 4.18 Å². The first-order chi connectivity index (χ1) is 5.41. The van der Waals surface area contributed by atoms with Gasteiger partial charge in [-0.1, -0.05) is 0 Å². The Morgan fingerprint density at radius 3 is 3.00 bits per heavy atom. The van der Waals surface area contributed by atoms with Crippen LogP contribution >= 0.6 is 12.0 Å². The van der Waals surface area contributed by atoms with Crippen molar-refractivity contribution in [2.45, 2.75) is 31.3 Å². The molecular weight excluding hydrogens is 158 g/mol. The molecular formula is C8H15NOS. The highest BCUT2D eigenvalue weighted by atomic mass is 32.2. The van der Waals surface area contributed by atoms with Gasteiger partial charge in [0.15, 0.2) is 0 Å². The summed E-state index contributed by atoms with van der Waals surface area (Å²) >= 11 is 1.66. The normalized spacial score (nSPS) is 39.3. The summed E-state index contributed by atoms with van der Waals surface area (Å²) in [6.07, 6.45) is 5.01. The van der Waals surface area contributed by atoms with Crippen LogP contribution in [-0.4, -0.2) is 24.4 Å².